The second-order valence-electron chi connectivity index (χ2n) is 4.90. The third-order valence-electron chi connectivity index (χ3n) is 3.20. The Labute approximate surface area is 118 Å². The van der Waals surface area contributed by atoms with Gasteiger partial charge in [-0.3, -0.25) is 4.79 Å². The van der Waals surface area contributed by atoms with E-state index in [0.29, 0.717) is 19.4 Å². The zero-order valence-corrected chi connectivity index (χ0v) is 12.3. The van der Waals surface area contributed by atoms with Crippen LogP contribution in [0.2, 0.25) is 0 Å². The van der Waals surface area contributed by atoms with E-state index in [9.17, 15) is 18.0 Å². The zero-order valence-electron chi connectivity index (χ0n) is 11.4. The first-order chi connectivity index (χ1) is 9.29. The van der Waals surface area contributed by atoms with Crippen LogP contribution in [-0.4, -0.2) is 49.9 Å². The predicted octanol–water partition coefficient (Wildman–Crippen LogP) is -0.378. The van der Waals surface area contributed by atoms with Crippen molar-refractivity contribution < 1.29 is 23.1 Å². The number of nitrogens with one attached hydrogen (secondary N) is 3. The van der Waals surface area contributed by atoms with Crippen molar-refractivity contribution in [2.24, 2.45) is 0 Å². The van der Waals surface area contributed by atoms with Crippen LogP contribution in [0.3, 0.4) is 0 Å². The molecule has 0 aromatic rings. The van der Waals surface area contributed by atoms with Crippen molar-refractivity contribution in [3.05, 3.63) is 0 Å². The monoisotopic (exact) mass is 307 g/mol. The van der Waals surface area contributed by atoms with Gasteiger partial charge in [0.05, 0.1) is 17.7 Å². The van der Waals surface area contributed by atoms with Crippen LogP contribution in [0.4, 0.5) is 4.79 Å². The molecule has 0 aromatic carbocycles. The summed E-state index contributed by atoms with van der Waals surface area (Å²) in [5, 5.41) is 13.9. The van der Waals surface area contributed by atoms with E-state index in [0.717, 1.165) is 6.42 Å². The van der Waals surface area contributed by atoms with E-state index in [2.05, 4.69) is 15.4 Å². The molecule has 0 spiro atoms. The van der Waals surface area contributed by atoms with Crippen LogP contribution in [0, 0.1) is 0 Å². The van der Waals surface area contributed by atoms with Gasteiger partial charge in [0, 0.05) is 13.1 Å². The van der Waals surface area contributed by atoms with Crippen molar-refractivity contribution in [3.8, 4) is 0 Å². The van der Waals surface area contributed by atoms with Crippen molar-refractivity contribution in [2.45, 2.75) is 38.1 Å². The Hall–Kier alpha value is -1.35. The maximum absolute atomic E-state index is 11.6. The molecule has 1 fully saturated rings. The Kier molecular flexibility index (Phi) is 5.75. The topological polar surface area (TPSA) is 125 Å². The molecule has 0 bridgehead atoms. The van der Waals surface area contributed by atoms with E-state index < -0.39 is 27.6 Å². The zero-order chi connectivity index (χ0) is 15.2. The van der Waals surface area contributed by atoms with Gasteiger partial charge in [0.1, 0.15) is 0 Å². The molecule has 0 aromatic heterocycles. The Morgan fingerprint density at radius 2 is 1.95 bits per heavy atom. The average molecular weight is 307 g/mol. The number of carbonyl (C=O) groups excluding carboxylic acids is 1. The highest BCUT2D eigenvalue weighted by atomic mass is 32.2. The minimum absolute atomic E-state index is 0.0235. The fourth-order valence-electron chi connectivity index (χ4n) is 2.12. The van der Waals surface area contributed by atoms with Crippen molar-refractivity contribution in [2.75, 3.05) is 18.8 Å². The average Bonchev–Trinajstić information content (AvgIpc) is 2.24. The Morgan fingerprint density at radius 1 is 1.30 bits per heavy atom. The number of sulfonamides is 1. The van der Waals surface area contributed by atoms with E-state index in [4.69, 9.17) is 5.11 Å². The van der Waals surface area contributed by atoms with Crippen LogP contribution in [-0.2, 0) is 14.8 Å². The van der Waals surface area contributed by atoms with Crippen molar-refractivity contribution in [3.63, 3.8) is 0 Å². The van der Waals surface area contributed by atoms with Gasteiger partial charge < -0.3 is 15.7 Å². The van der Waals surface area contributed by atoms with Crippen LogP contribution in [0.25, 0.3) is 0 Å². The van der Waals surface area contributed by atoms with Gasteiger partial charge in [-0.05, 0) is 19.3 Å². The number of amides is 2. The smallest absolute Gasteiger partial charge is 0.315 e. The van der Waals surface area contributed by atoms with E-state index in [1.54, 1.807) is 6.92 Å². The van der Waals surface area contributed by atoms with Crippen LogP contribution >= 0.6 is 0 Å². The Bertz CT molecular complexity index is 459. The SMILES string of the molecule is CCNS(=O)(=O)CCNC(=O)NC1(CC(=O)O)CCC1. The highest BCUT2D eigenvalue weighted by molar-refractivity contribution is 7.89. The van der Waals surface area contributed by atoms with Gasteiger partial charge in [-0.15, -0.1) is 0 Å². The van der Waals surface area contributed by atoms with Gasteiger partial charge in [0.15, 0.2) is 0 Å². The molecule has 0 atom stereocenters. The van der Waals surface area contributed by atoms with Crippen LogP contribution in [0.5, 0.6) is 0 Å². The largest absolute Gasteiger partial charge is 0.481 e. The molecular formula is C11H21N3O5S. The van der Waals surface area contributed by atoms with Crippen LogP contribution in [0.1, 0.15) is 32.6 Å². The molecule has 1 aliphatic carbocycles. The summed E-state index contributed by atoms with van der Waals surface area (Å²) in [6.07, 6.45) is 2.02. The van der Waals surface area contributed by atoms with E-state index >= 15 is 0 Å². The fourth-order valence-corrected chi connectivity index (χ4v) is 3.07. The third kappa shape index (κ3) is 5.33. The van der Waals surface area contributed by atoms with Gasteiger partial charge in [-0.1, -0.05) is 6.92 Å². The van der Waals surface area contributed by atoms with Gasteiger partial charge in [-0.2, -0.15) is 0 Å². The lowest BCUT2D eigenvalue weighted by atomic mass is 9.74. The molecule has 20 heavy (non-hydrogen) atoms. The summed E-state index contributed by atoms with van der Waals surface area (Å²) in [6, 6.07) is -0.530. The molecule has 1 saturated carbocycles. The molecule has 4 N–H and O–H groups in total. The van der Waals surface area contributed by atoms with E-state index in [-0.39, 0.29) is 18.7 Å². The molecule has 1 aliphatic rings. The summed E-state index contributed by atoms with van der Waals surface area (Å²) in [7, 11) is -3.37. The molecule has 0 aliphatic heterocycles. The van der Waals surface area contributed by atoms with Crippen molar-refractivity contribution in [1.82, 2.24) is 15.4 Å². The molecule has 116 valence electrons. The first kappa shape index (κ1) is 16.7. The maximum Gasteiger partial charge on any atom is 0.315 e. The highest BCUT2D eigenvalue weighted by Crippen LogP contribution is 2.34. The summed E-state index contributed by atoms with van der Waals surface area (Å²) in [4.78, 5) is 22.4. The first-order valence-corrected chi connectivity index (χ1v) is 8.19. The highest BCUT2D eigenvalue weighted by Gasteiger charge is 2.40. The summed E-state index contributed by atoms with van der Waals surface area (Å²) < 4.78 is 25.0. The molecule has 0 saturated heterocycles. The molecule has 2 amide bonds. The number of hydrogen-bond donors (Lipinski definition) is 4. The molecule has 0 unspecified atom stereocenters. The Balaban J connectivity index is 2.35. The molecule has 8 nitrogen and oxygen atoms in total. The normalized spacial score (nSPS) is 17.1. The van der Waals surface area contributed by atoms with Crippen LogP contribution in [0.15, 0.2) is 0 Å². The second kappa shape index (κ2) is 6.89. The lowest BCUT2D eigenvalue weighted by Gasteiger charge is -2.41. The molecule has 9 heteroatoms. The minimum Gasteiger partial charge on any atom is -0.481 e. The Morgan fingerprint density at radius 3 is 2.40 bits per heavy atom. The number of hydrogen-bond acceptors (Lipinski definition) is 4. The van der Waals surface area contributed by atoms with Crippen molar-refractivity contribution in [1.29, 1.82) is 0 Å². The van der Waals surface area contributed by atoms with Crippen LogP contribution < -0.4 is 15.4 Å². The standard InChI is InChI=1S/C11H21N3O5S/c1-2-13-20(18,19)7-6-12-10(17)14-11(4-3-5-11)8-9(15)16/h13H,2-8H2,1H3,(H,15,16)(H2,12,14,17). The number of urea groups is 1. The molecule has 0 radical (unpaired) electrons. The summed E-state index contributed by atoms with van der Waals surface area (Å²) in [6.45, 7) is 1.95. The molecule has 0 heterocycles. The van der Waals surface area contributed by atoms with Gasteiger partial charge >= 0.3 is 12.0 Å². The van der Waals surface area contributed by atoms with E-state index in [1.165, 1.54) is 0 Å². The van der Waals surface area contributed by atoms with E-state index in [1.807, 2.05) is 0 Å². The third-order valence-corrected chi connectivity index (χ3v) is 4.67. The summed E-state index contributed by atoms with van der Waals surface area (Å²) in [5.74, 6) is -1.17. The first-order valence-electron chi connectivity index (χ1n) is 6.54. The quantitative estimate of drug-likeness (QED) is 0.486. The molecule has 1 rings (SSSR count). The number of carboxylic acids is 1. The lowest BCUT2D eigenvalue weighted by Crippen LogP contribution is -2.57. The summed E-state index contributed by atoms with van der Waals surface area (Å²) in [5.41, 5.74) is -0.684. The second-order valence-corrected chi connectivity index (χ2v) is 6.83. The minimum atomic E-state index is -3.37. The number of aliphatic carboxylic acids is 1. The number of carboxylic acid groups (broad SMARTS) is 1. The fraction of sp³-hybridized carbons (Fsp3) is 0.818. The number of rotatable bonds is 8. The maximum atomic E-state index is 11.6. The van der Waals surface area contributed by atoms with Gasteiger partial charge in [0.25, 0.3) is 0 Å². The van der Waals surface area contributed by atoms with Gasteiger partial charge in [0.2, 0.25) is 10.0 Å². The van der Waals surface area contributed by atoms with Crippen molar-refractivity contribution >= 4 is 22.0 Å². The lowest BCUT2D eigenvalue weighted by molar-refractivity contribution is -0.139. The predicted molar refractivity (Wildman–Crippen MR) is 72.8 cm³/mol. The summed E-state index contributed by atoms with van der Waals surface area (Å²) >= 11 is 0. The number of carbonyl (C=O) groups is 2. The molecular weight excluding hydrogens is 286 g/mol. The van der Waals surface area contributed by atoms with Gasteiger partial charge in [-0.25, -0.2) is 17.9 Å².